The van der Waals surface area contributed by atoms with Gasteiger partial charge < -0.3 is 5.32 Å². The fourth-order valence-electron chi connectivity index (χ4n) is 1.60. The third-order valence-corrected chi connectivity index (χ3v) is 3.36. The lowest BCUT2D eigenvalue weighted by Gasteiger charge is -2.02. The summed E-state index contributed by atoms with van der Waals surface area (Å²) in [5.74, 6) is -0.105. The van der Waals surface area contributed by atoms with Crippen LogP contribution in [0.2, 0.25) is 10.0 Å². The molecule has 2 aromatic rings. The number of carbonyl (C=O) groups is 1. The molecule has 0 aliphatic rings. The second-order valence-corrected chi connectivity index (χ2v) is 4.91. The lowest BCUT2D eigenvalue weighted by atomic mass is 10.2. The highest BCUT2D eigenvalue weighted by Crippen LogP contribution is 2.25. The smallest absolute Gasteiger partial charge is 0.221 e. The lowest BCUT2D eigenvalue weighted by Crippen LogP contribution is -2.04. The molecule has 0 radical (unpaired) electrons. The van der Waals surface area contributed by atoms with Crippen LogP contribution in [0.4, 0.5) is 11.4 Å². The van der Waals surface area contributed by atoms with Crippen molar-refractivity contribution in [2.75, 3.05) is 5.32 Å². The van der Waals surface area contributed by atoms with Crippen LogP contribution < -0.4 is 5.32 Å². The van der Waals surface area contributed by atoms with Crippen LogP contribution in [-0.4, -0.2) is 12.1 Å². The monoisotopic (exact) mass is 306 g/mol. The molecule has 0 heterocycles. The van der Waals surface area contributed by atoms with Crippen molar-refractivity contribution in [1.82, 2.24) is 0 Å². The number of hydrogen-bond donors (Lipinski definition) is 1. The summed E-state index contributed by atoms with van der Waals surface area (Å²) in [5, 5.41) is 3.67. The minimum absolute atomic E-state index is 0.105. The molecule has 5 heteroatoms. The van der Waals surface area contributed by atoms with Gasteiger partial charge in [-0.05, 0) is 30.3 Å². The Balaban J connectivity index is 2.15. The molecule has 2 aromatic carbocycles. The first-order valence-corrected chi connectivity index (χ1v) is 6.67. The number of benzene rings is 2. The van der Waals surface area contributed by atoms with Gasteiger partial charge in [-0.15, -0.1) is 0 Å². The molecule has 0 fully saturated rings. The maximum absolute atomic E-state index is 10.9. The zero-order chi connectivity index (χ0) is 14.5. The summed E-state index contributed by atoms with van der Waals surface area (Å²) in [6, 6.07) is 12.6. The largest absolute Gasteiger partial charge is 0.326 e. The normalized spacial score (nSPS) is 10.8. The van der Waals surface area contributed by atoms with E-state index in [1.807, 2.05) is 12.1 Å². The molecule has 102 valence electrons. The molecule has 2 rings (SSSR count). The quantitative estimate of drug-likeness (QED) is 0.820. The Morgan fingerprint density at radius 2 is 1.85 bits per heavy atom. The number of nitrogens with zero attached hydrogens (tertiary/aromatic N) is 1. The number of aliphatic imine (C=N–C) groups is 1. The summed E-state index contributed by atoms with van der Waals surface area (Å²) >= 11 is 12.0. The first kappa shape index (κ1) is 14.6. The van der Waals surface area contributed by atoms with E-state index in [-0.39, 0.29) is 5.91 Å². The van der Waals surface area contributed by atoms with Crippen molar-refractivity contribution in [3.8, 4) is 0 Å². The Labute approximate surface area is 127 Å². The molecule has 0 aliphatic carbocycles. The maximum Gasteiger partial charge on any atom is 0.221 e. The second-order valence-electron chi connectivity index (χ2n) is 4.13. The van der Waals surface area contributed by atoms with E-state index in [0.717, 1.165) is 16.9 Å². The summed E-state index contributed by atoms with van der Waals surface area (Å²) in [5.41, 5.74) is 2.25. The molecule has 0 atom stereocenters. The third kappa shape index (κ3) is 3.83. The Kier molecular flexibility index (Phi) is 4.77. The highest BCUT2D eigenvalue weighted by atomic mass is 35.5. The molecule has 0 spiro atoms. The van der Waals surface area contributed by atoms with Crippen molar-refractivity contribution in [3.05, 3.63) is 58.1 Å². The summed E-state index contributed by atoms with van der Waals surface area (Å²) in [7, 11) is 0. The molecule has 1 N–H and O–H groups in total. The first-order chi connectivity index (χ1) is 9.56. The van der Waals surface area contributed by atoms with Gasteiger partial charge in [-0.3, -0.25) is 9.79 Å². The van der Waals surface area contributed by atoms with Crippen molar-refractivity contribution in [1.29, 1.82) is 0 Å². The highest BCUT2D eigenvalue weighted by molar-refractivity contribution is 6.43. The van der Waals surface area contributed by atoms with Crippen molar-refractivity contribution in [3.63, 3.8) is 0 Å². The number of hydrogen-bond acceptors (Lipinski definition) is 2. The third-order valence-electron chi connectivity index (χ3n) is 2.52. The topological polar surface area (TPSA) is 41.5 Å². The average Bonchev–Trinajstić information content (AvgIpc) is 2.41. The number of carbonyl (C=O) groups excluding carboxylic acids is 1. The number of nitrogens with one attached hydrogen (secondary N) is 1. The number of rotatable bonds is 3. The summed E-state index contributed by atoms with van der Waals surface area (Å²) in [6.07, 6.45) is 1.65. The SMILES string of the molecule is CC(=O)Nc1ccc(N=Cc2cccc(Cl)c2Cl)cc1. The molecular formula is C15H12Cl2N2O. The van der Waals surface area contributed by atoms with Gasteiger partial charge in [-0.1, -0.05) is 35.3 Å². The van der Waals surface area contributed by atoms with Gasteiger partial charge in [0.1, 0.15) is 0 Å². The van der Waals surface area contributed by atoms with E-state index in [1.54, 1.807) is 36.5 Å². The highest BCUT2D eigenvalue weighted by Gasteiger charge is 2.01. The Bertz CT molecular complexity index is 651. The summed E-state index contributed by atoms with van der Waals surface area (Å²) in [4.78, 5) is 15.2. The summed E-state index contributed by atoms with van der Waals surface area (Å²) < 4.78 is 0. The number of anilines is 1. The van der Waals surface area contributed by atoms with E-state index in [9.17, 15) is 4.79 Å². The second kappa shape index (κ2) is 6.55. The minimum Gasteiger partial charge on any atom is -0.326 e. The predicted octanol–water partition coefficient (Wildman–Crippen LogP) is 4.70. The number of halogens is 2. The fraction of sp³-hybridized carbons (Fsp3) is 0.0667. The van der Waals surface area contributed by atoms with Crippen LogP contribution in [-0.2, 0) is 4.79 Å². The van der Waals surface area contributed by atoms with Crippen LogP contribution in [0.1, 0.15) is 12.5 Å². The fourth-order valence-corrected chi connectivity index (χ4v) is 1.95. The van der Waals surface area contributed by atoms with Gasteiger partial charge in [0.2, 0.25) is 5.91 Å². The Morgan fingerprint density at radius 3 is 2.50 bits per heavy atom. The van der Waals surface area contributed by atoms with E-state index < -0.39 is 0 Å². The van der Waals surface area contributed by atoms with E-state index in [2.05, 4.69) is 10.3 Å². The molecule has 0 saturated heterocycles. The van der Waals surface area contributed by atoms with Gasteiger partial charge in [0, 0.05) is 24.4 Å². The lowest BCUT2D eigenvalue weighted by molar-refractivity contribution is -0.114. The Hall–Kier alpha value is -1.84. The summed E-state index contributed by atoms with van der Waals surface area (Å²) in [6.45, 7) is 1.47. The van der Waals surface area contributed by atoms with E-state index in [4.69, 9.17) is 23.2 Å². The van der Waals surface area contributed by atoms with Gasteiger partial charge in [-0.2, -0.15) is 0 Å². The molecule has 0 aromatic heterocycles. The zero-order valence-electron chi connectivity index (χ0n) is 10.7. The maximum atomic E-state index is 10.9. The molecule has 20 heavy (non-hydrogen) atoms. The van der Waals surface area contributed by atoms with Crippen LogP contribution in [0.5, 0.6) is 0 Å². The van der Waals surface area contributed by atoms with Crippen LogP contribution in [0.3, 0.4) is 0 Å². The van der Waals surface area contributed by atoms with Crippen molar-refractivity contribution in [2.24, 2.45) is 4.99 Å². The molecule has 0 bridgehead atoms. The standard InChI is InChI=1S/C15H12Cl2N2O/c1-10(20)19-13-7-5-12(6-8-13)18-9-11-3-2-4-14(16)15(11)17/h2-9H,1H3,(H,19,20). The molecular weight excluding hydrogens is 295 g/mol. The molecule has 0 aliphatic heterocycles. The average molecular weight is 307 g/mol. The zero-order valence-corrected chi connectivity index (χ0v) is 12.2. The van der Waals surface area contributed by atoms with Gasteiger partial charge in [0.05, 0.1) is 15.7 Å². The van der Waals surface area contributed by atoms with Gasteiger partial charge in [-0.25, -0.2) is 0 Å². The number of amides is 1. The van der Waals surface area contributed by atoms with Crippen LogP contribution in [0.25, 0.3) is 0 Å². The van der Waals surface area contributed by atoms with E-state index in [1.165, 1.54) is 6.92 Å². The van der Waals surface area contributed by atoms with Crippen molar-refractivity contribution < 1.29 is 4.79 Å². The van der Waals surface area contributed by atoms with Crippen LogP contribution in [0, 0.1) is 0 Å². The molecule has 1 amide bonds. The van der Waals surface area contributed by atoms with Gasteiger partial charge in [0.15, 0.2) is 0 Å². The van der Waals surface area contributed by atoms with E-state index >= 15 is 0 Å². The van der Waals surface area contributed by atoms with Gasteiger partial charge >= 0.3 is 0 Å². The molecule has 0 saturated carbocycles. The predicted molar refractivity (Wildman–Crippen MR) is 84.5 cm³/mol. The van der Waals surface area contributed by atoms with Crippen molar-refractivity contribution in [2.45, 2.75) is 6.92 Å². The van der Waals surface area contributed by atoms with E-state index in [0.29, 0.717) is 10.0 Å². The van der Waals surface area contributed by atoms with Crippen molar-refractivity contribution >= 4 is 46.7 Å². The van der Waals surface area contributed by atoms with Gasteiger partial charge in [0.25, 0.3) is 0 Å². The first-order valence-electron chi connectivity index (χ1n) is 5.92. The van der Waals surface area contributed by atoms with Crippen LogP contribution >= 0.6 is 23.2 Å². The Morgan fingerprint density at radius 1 is 1.15 bits per heavy atom. The molecule has 3 nitrogen and oxygen atoms in total. The molecule has 0 unspecified atom stereocenters. The van der Waals surface area contributed by atoms with Crippen LogP contribution in [0.15, 0.2) is 47.5 Å². The minimum atomic E-state index is -0.105.